The van der Waals surface area contributed by atoms with E-state index in [1.807, 2.05) is 0 Å². The molecule has 2 aliphatic carbocycles. The lowest BCUT2D eigenvalue weighted by Gasteiger charge is -2.41. The Bertz CT molecular complexity index is 242. The van der Waals surface area contributed by atoms with Crippen LogP contribution in [0.1, 0.15) is 85.0 Å². The topological polar surface area (TPSA) is 12.0 Å². The van der Waals surface area contributed by atoms with E-state index in [9.17, 15) is 0 Å². The largest absolute Gasteiger partial charge is 0.311 e. The van der Waals surface area contributed by atoms with Gasteiger partial charge in [-0.3, -0.25) is 0 Å². The molecule has 0 bridgehead atoms. The second-order valence-electron chi connectivity index (χ2n) is 7.65. The Balaban J connectivity index is 1.87. The van der Waals surface area contributed by atoms with E-state index in [0.29, 0.717) is 6.04 Å². The maximum absolute atomic E-state index is 4.00. The summed E-state index contributed by atoms with van der Waals surface area (Å²) >= 11 is 0. The molecular formula is C18H35N. The molecule has 0 heterocycles. The first-order chi connectivity index (χ1) is 9.16. The zero-order valence-corrected chi connectivity index (χ0v) is 13.5. The van der Waals surface area contributed by atoms with Crippen molar-refractivity contribution in [2.24, 2.45) is 17.8 Å². The third-order valence-corrected chi connectivity index (χ3v) is 5.40. The van der Waals surface area contributed by atoms with Crippen molar-refractivity contribution in [3.63, 3.8) is 0 Å². The zero-order chi connectivity index (χ0) is 13.7. The van der Waals surface area contributed by atoms with Gasteiger partial charge in [-0.2, -0.15) is 0 Å². The fraction of sp³-hybridized carbons (Fsp3) is 1.00. The van der Waals surface area contributed by atoms with Crippen molar-refractivity contribution in [2.45, 2.75) is 97.1 Å². The van der Waals surface area contributed by atoms with Crippen molar-refractivity contribution in [1.29, 1.82) is 0 Å². The van der Waals surface area contributed by atoms with E-state index in [2.05, 4.69) is 26.1 Å². The predicted molar refractivity (Wildman–Crippen MR) is 84.4 cm³/mol. The highest BCUT2D eigenvalue weighted by molar-refractivity contribution is 4.88. The molecule has 3 atom stereocenters. The van der Waals surface area contributed by atoms with Crippen LogP contribution < -0.4 is 5.32 Å². The minimum absolute atomic E-state index is 0.703. The van der Waals surface area contributed by atoms with Crippen molar-refractivity contribution >= 4 is 0 Å². The Morgan fingerprint density at radius 2 is 1.47 bits per heavy atom. The van der Waals surface area contributed by atoms with E-state index in [4.69, 9.17) is 0 Å². The molecule has 112 valence electrons. The average molecular weight is 265 g/mol. The summed E-state index contributed by atoms with van der Waals surface area (Å²) in [7, 11) is 0. The molecule has 1 nitrogen and oxygen atoms in total. The molecule has 19 heavy (non-hydrogen) atoms. The normalized spacial score (nSPS) is 31.6. The molecule has 0 spiro atoms. The molecule has 3 unspecified atom stereocenters. The first-order valence-corrected chi connectivity index (χ1v) is 8.93. The van der Waals surface area contributed by atoms with Crippen LogP contribution in [0.25, 0.3) is 0 Å². The summed E-state index contributed by atoms with van der Waals surface area (Å²) in [6, 6.07) is 1.53. The maximum atomic E-state index is 4.00. The lowest BCUT2D eigenvalue weighted by Crippen LogP contribution is -2.46. The average Bonchev–Trinajstić information content (AvgIpc) is 2.39. The summed E-state index contributed by atoms with van der Waals surface area (Å²) in [5.74, 6) is 2.85. The predicted octanol–water partition coefficient (Wildman–Crippen LogP) is 5.15. The minimum Gasteiger partial charge on any atom is -0.311 e. The Morgan fingerprint density at radius 1 is 0.842 bits per heavy atom. The quantitative estimate of drug-likeness (QED) is 0.725. The Hall–Kier alpha value is -0.0400. The highest BCUT2D eigenvalue weighted by Crippen LogP contribution is 2.38. The summed E-state index contributed by atoms with van der Waals surface area (Å²) in [6.07, 6.45) is 14.7. The van der Waals surface area contributed by atoms with Crippen molar-refractivity contribution < 1.29 is 0 Å². The number of hydrogen-bond acceptors (Lipinski definition) is 1. The standard InChI is InChI=1S/C18H35N/c1-14(2)13-15(3)19-18-12-8-7-11-17(18)16-9-5-4-6-10-16/h14-19H,4-13H2,1-3H3. The molecular weight excluding hydrogens is 230 g/mol. The second kappa shape index (κ2) is 7.67. The smallest absolute Gasteiger partial charge is 0.0100 e. The third-order valence-electron chi connectivity index (χ3n) is 5.40. The molecule has 0 aromatic rings. The van der Waals surface area contributed by atoms with Crippen molar-refractivity contribution in [1.82, 2.24) is 5.32 Å². The molecule has 0 saturated heterocycles. The first-order valence-electron chi connectivity index (χ1n) is 8.93. The van der Waals surface area contributed by atoms with Crippen LogP contribution in [-0.2, 0) is 0 Å². The highest BCUT2D eigenvalue weighted by atomic mass is 15.0. The van der Waals surface area contributed by atoms with Crippen LogP contribution >= 0.6 is 0 Å². The van der Waals surface area contributed by atoms with E-state index < -0.39 is 0 Å². The van der Waals surface area contributed by atoms with E-state index >= 15 is 0 Å². The Labute approximate surface area is 120 Å². The number of rotatable bonds is 5. The molecule has 0 aromatic carbocycles. The van der Waals surface area contributed by atoms with Gasteiger partial charge in [0, 0.05) is 12.1 Å². The lowest BCUT2D eigenvalue weighted by molar-refractivity contribution is 0.140. The van der Waals surface area contributed by atoms with Gasteiger partial charge in [0.25, 0.3) is 0 Å². The first kappa shape index (κ1) is 15.4. The van der Waals surface area contributed by atoms with Crippen LogP contribution in [-0.4, -0.2) is 12.1 Å². The number of nitrogens with one attached hydrogen (secondary N) is 1. The Morgan fingerprint density at radius 3 is 2.16 bits per heavy atom. The molecule has 2 fully saturated rings. The van der Waals surface area contributed by atoms with Gasteiger partial charge in [0.15, 0.2) is 0 Å². The van der Waals surface area contributed by atoms with Crippen LogP contribution in [0.15, 0.2) is 0 Å². The molecule has 1 heteroatoms. The van der Waals surface area contributed by atoms with Crippen molar-refractivity contribution in [3.05, 3.63) is 0 Å². The van der Waals surface area contributed by atoms with Gasteiger partial charge in [-0.15, -0.1) is 0 Å². The molecule has 2 rings (SSSR count). The van der Waals surface area contributed by atoms with Crippen molar-refractivity contribution in [3.8, 4) is 0 Å². The van der Waals surface area contributed by atoms with Gasteiger partial charge in [-0.05, 0) is 43.9 Å². The molecule has 2 saturated carbocycles. The summed E-state index contributed by atoms with van der Waals surface area (Å²) in [6.45, 7) is 7.09. The van der Waals surface area contributed by atoms with Gasteiger partial charge in [0.1, 0.15) is 0 Å². The van der Waals surface area contributed by atoms with E-state index in [1.165, 1.54) is 64.2 Å². The summed E-state index contributed by atoms with van der Waals surface area (Å²) in [5, 5.41) is 4.00. The summed E-state index contributed by atoms with van der Waals surface area (Å²) in [5.41, 5.74) is 0. The van der Waals surface area contributed by atoms with Gasteiger partial charge >= 0.3 is 0 Å². The van der Waals surface area contributed by atoms with Crippen LogP contribution in [0, 0.1) is 17.8 Å². The van der Waals surface area contributed by atoms with Gasteiger partial charge in [-0.25, -0.2) is 0 Å². The van der Waals surface area contributed by atoms with E-state index in [1.54, 1.807) is 0 Å². The fourth-order valence-corrected chi connectivity index (χ4v) is 4.63. The van der Waals surface area contributed by atoms with Crippen LogP contribution in [0.2, 0.25) is 0 Å². The van der Waals surface area contributed by atoms with Crippen molar-refractivity contribution in [2.75, 3.05) is 0 Å². The molecule has 0 aliphatic heterocycles. The van der Waals surface area contributed by atoms with Gasteiger partial charge < -0.3 is 5.32 Å². The van der Waals surface area contributed by atoms with E-state index in [-0.39, 0.29) is 0 Å². The maximum Gasteiger partial charge on any atom is 0.0100 e. The van der Waals surface area contributed by atoms with Gasteiger partial charge in [-0.1, -0.05) is 58.8 Å². The van der Waals surface area contributed by atoms with Crippen LogP contribution in [0.5, 0.6) is 0 Å². The summed E-state index contributed by atoms with van der Waals surface area (Å²) in [4.78, 5) is 0. The van der Waals surface area contributed by atoms with Crippen LogP contribution in [0.4, 0.5) is 0 Å². The van der Waals surface area contributed by atoms with Gasteiger partial charge in [0.2, 0.25) is 0 Å². The SMILES string of the molecule is CC(C)CC(C)NC1CCCCC1C1CCCCC1. The molecule has 0 aromatic heterocycles. The molecule has 2 aliphatic rings. The second-order valence-corrected chi connectivity index (χ2v) is 7.65. The molecule has 0 amide bonds. The monoisotopic (exact) mass is 265 g/mol. The number of hydrogen-bond donors (Lipinski definition) is 1. The minimum atomic E-state index is 0.703. The van der Waals surface area contributed by atoms with Crippen LogP contribution in [0.3, 0.4) is 0 Å². The Kier molecular flexibility index (Phi) is 6.19. The third kappa shape index (κ3) is 4.77. The molecule has 1 N–H and O–H groups in total. The van der Waals surface area contributed by atoms with E-state index in [0.717, 1.165) is 23.8 Å². The lowest BCUT2D eigenvalue weighted by atomic mass is 9.70. The summed E-state index contributed by atoms with van der Waals surface area (Å²) < 4.78 is 0. The molecule has 0 radical (unpaired) electrons. The van der Waals surface area contributed by atoms with Gasteiger partial charge in [0.05, 0.1) is 0 Å². The zero-order valence-electron chi connectivity index (χ0n) is 13.5. The highest BCUT2D eigenvalue weighted by Gasteiger charge is 2.32. The fourth-order valence-electron chi connectivity index (χ4n) is 4.63.